The molecule has 0 radical (unpaired) electrons. The minimum Gasteiger partial charge on any atom is -0.338 e. The van der Waals surface area contributed by atoms with Gasteiger partial charge in [-0.15, -0.1) is 11.3 Å². The van der Waals surface area contributed by atoms with Crippen LogP contribution in [-0.2, 0) is 0 Å². The van der Waals surface area contributed by atoms with Crippen molar-refractivity contribution < 1.29 is 0 Å². The lowest BCUT2D eigenvalue weighted by molar-refractivity contribution is 0.313. The molecule has 138 valence electrons. The Bertz CT molecular complexity index is 768. The monoisotopic (exact) mass is 369 g/mol. The second-order valence-corrected chi connectivity index (χ2v) is 8.28. The highest BCUT2D eigenvalue weighted by Crippen LogP contribution is 2.36. The molecule has 2 atom stereocenters. The Morgan fingerprint density at radius 3 is 2.77 bits per heavy atom. The van der Waals surface area contributed by atoms with Gasteiger partial charge in [-0.25, -0.2) is 10.0 Å². The van der Waals surface area contributed by atoms with Crippen LogP contribution >= 0.6 is 11.3 Å². The van der Waals surface area contributed by atoms with E-state index in [0.717, 1.165) is 38.6 Å². The fraction of sp³-hybridized carbons (Fsp3) is 0.500. The SMILES string of the molecule is CC1=NN2C(=CCC(C)C1C)C(c1cccs1)=CN=C2N1CCNCC1. The molecule has 0 saturated carbocycles. The van der Waals surface area contributed by atoms with E-state index in [9.17, 15) is 0 Å². The zero-order chi connectivity index (χ0) is 18.1. The van der Waals surface area contributed by atoms with Gasteiger partial charge in [0.2, 0.25) is 5.96 Å². The van der Waals surface area contributed by atoms with E-state index >= 15 is 0 Å². The molecule has 0 aromatic carbocycles. The number of fused-ring (bicyclic) bond motifs is 1. The Hall–Kier alpha value is -1.92. The molecule has 0 bridgehead atoms. The van der Waals surface area contributed by atoms with Gasteiger partial charge in [-0.3, -0.25) is 0 Å². The molecule has 1 aromatic rings. The Balaban J connectivity index is 1.80. The lowest BCUT2D eigenvalue weighted by Crippen LogP contribution is -2.51. The zero-order valence-electron chi connectivity index (χ0n) is 15.8. The summed E-state index contributed by atoms with van der Waals surface area (Å²) in [6.07, 6.45) is 5.45. The molecule has 0 aliphatic carbocycles. The van der Waals surface area contributed by atoms with Gasteiger partial charge >= 0.3 is 0 Å². The molecular formula is C20H27N5S. The molecule has 6 heteroatoms. The van der Waals surface area contributed by atoms with Crippen LogP contribution in [0.5, 0.6) is 0 Å². The second-order valence-electron chi connectivity index (χ2n) is 7.33. The summed E-state index contributed by atoms with van der Waals surface area (Å²) in [5, 5.41) is 12.7. The first-order valence-corrected chi connectivity index (χ1v) is 10.4. The van der Waals surface area contributed by atoms with Crippen molar-refractivity contribution in [1.29, 1.82) is 0 Å². The summed E-state index contributed by atoms with van der Waals surface area (Å²) in [7, 11) is 0. The van der Waals surface area contributed by atoms with Crippen LogP contribution in [0.4, 0.5) is 0 Å². The van der Waals surface area contributed by atoms with Crippen LogP contribution < -0.4 is 5.32 Å². The minimum atomic E-state index is 0.466. The number of hydrogen-bond donors (Lipinski definition) is 1. The number of guanidine groups is 1. The molecule has 0 spiro atoms. The molecule has 1 saturated heterocycles. The third-order valence-corrected chi connectivity index (χ3v) is 6.55. The first kappa shape index (κ1) is 17.5. The molecule has 4 rings (SSSR count). The van der Waals surface area contributed by atoms with Gasteiger partial charge in [0.05, 0.1) is 5.70 Å². The predicted octanol–water partition coefficient (Wildman–Crippen LogP) is 3.60. The Labute approximate surface area is 159 Å². The maximum absolute atomic E-state index is 5.06. The summed E-state index contributed by atoms with van der Waals surface area (Å²) in [5.74, 6) is 2.01. The van der Waals surface area contributed by atoms with Gasteiger partial charge in [-0.05, 0) is 36.6 Å². The number of allylic oxidation sites excluding steroid dienone is 2. The summed E-state index contributed by atoms with van der Waals surface area (Å²) >= 11 is 1.76. The molecule has 4 heterocycles. The molecule has 1 aromatic heterocycles. The lowest BCUT2D eigenvalue weighted by Gasteiger charge is -2.38. The molecule has 1 fully saturated rings. The highest BCUT2D eigenvalue weighted by atomic mass is 32.1. The van der Waals surface area contributed by atoms with Gasteiger partial charge in [0.15, 0.2) is 0 Å². The number of rotatable bonds is 1. The highest BCUT2D eigenvalue weighted by molar-refractivity contribution is 7.11. The number of thiophene rings is 1. The normalized spacial score (nSPS) is 26.9. The van der Waals surface area contributed by atoms with E-state index < -0.39 is 0 Å². The Morgan fingerprint density at radius 2 is 2.04 bits per heavy atom. The van der Waals surface area contributed by atoms with Crippen LogP contribution in [0, 0.1) is 11.8 Å². The first-order chi connectivity index (χ1) is 12.6. The summed E-state index contributed by atoms with van der Waals surface area (Å²) in [6.45, 7) is 10.7. The van der Waals surface area contributed by atoms with Gasteiger partial charge in [0, 0.05) is 48.5 Å². The van der Waals surface area contributed by atoms with Gasteiger partial charge < -0.3 is 10.2 Å². The van der Waals surface area contributed by atoms with Crippen LogP contribution in [-0.4, -0.2) is 47.8 Å². The third kappa shape index (κ3) is 3.23. The molecule has 1 N–H and O–H groups in total. The molecule has 2 unspecified atom stereocenters. The summed E-state index contributed by atoms with van der Waals surface area (Å²) in [4.78, 5) is 8.46. The van der Waals surface area contributed by atoms with Crippen molar-refractivity contribution in [3.05, 3.63) is 40.4 Å². The predicted molar refractivity (Wildman–Crippen MR) is 110 cm³/mol. The van der Waals surface area contributed by atoms with E-state index in [0.29, 0.717) is 11.8 Å². The average molecular weight is 370 g/mol. The fourth-order valence-electron chi connectivity index (χ4n) is 3.62. The maximum atomic E-state index is 5.06. The van der Waals surface area contributed by atoms with Crippen molar-refractivity contribution in [3.8, 4) is 0 Å². The molecule has 3 aliphatic rings. The number of nitrogens with one attached hydrogen (secondary N) is 1. The van der Waals surface area contributed by atoms with Crippen LogP contribution in [0.15, 0.2) is 45.6 Å². The van der Waals surface area contributed by atoms with Crippen molar-refractivity contribution in [3.63, 3.8) is 0 Å². The minimum absolute atomic E-state index is 0.466. The number of hydrogen-bond acceptors (Lipinski definition) is 6. The van der Waals surface area contributed by atoms with Gasteiger partial charge in [0.1, 0.15) is 0 Å². The number of hydrazone groups is 1. The molecule has 3 aliphatic heterocycles. The summed E-state index contributed by atoms with van der Waals surface area (Å²) in [6, 6.07) is 4.27. The van der Waals surface area contributed by atoms with E-state index in [4.69, 9.17) is 10.1 Å². The molecule has 5 nitrogen and oxygen atoms in total. The third-order valence-electron chi connectivity index (χ3n) is 5.64. The largest absolute Gasteiger partial charge is 0.338 e. The second kappa shape index (κ2) is 7.37. The topological polar surface area (TPSA) is 43.2 Å². The zero-order valence-corrected chi connectivity index (χ0v) is 16.6. The van der Waals surface area contributed by atoms with E-state index in [1.165, 1.54) is 21.9 Å². The van der Waals surface area contributed by atoms with Crippen molar-refractivity contribution in [2.75, 3.05) is 26.2 Å². The van der Waals surface area contributed by atoms with Crippen LogP contribution in [0.25, 0.3) is 5.57 Å². The first-order valence-electron chi connectivity index (χ1n) is 9.48. The number of aliphatic imine (C=N–C) groups is 1. The van der Waals surface area contributed by atoms with E-state index in [2.05, 4.69) is 59.6 Å². The average Bonchev–Trinajstić information content (AvgIpc) is 3.20. The summed E-state index contributed by atoms with van der Waals surface area (Å²) < 4.78 is 0. The van der Waals surface area contributed by atoms with Crippen molar-refractivity contribution >= 4 is 28.6 Å². The maximum Gasteiger partial charge on any atom is 0.227 e. The lowest BCUT2D eigenvalue weighted by atomic mass is 9.88. The van der Waals surface area contributed by atoms with Crippen molar-refractivity contribution in [2.24, 2.45) is 21.9 Å². The van der Waals surface area contributed by atoms with Gasteiger partial charge in [-0.1, -0.05) is 26.0 Å². The molecular weight excluding hydrogens is 342 g/mol. The van der Waals surface area contributed by atoms with Crippen molar-refractivity contribution in [1.82, 2.24) is 15.2 Å². The smallest absolute Gasteiger partial charge is 0.227 e. The standard InChI is InChI=1S/C20H27N5S/c1-14-6-7-18-17(19-5-4-12-26-19)13-22-20(24-10-8-21-9-11-24)25(18)23-16(3)15(14)2/h4-5,7,12-15,21H,6,8-11H2,1-3H3. The van der Waals surface area contributed by atoms with E-state index in [1.807, 2.05) is 6.20 Å². The Kier molecular flexibility index (Phi) is 4.96. The van der Waals surface area contributed by atoms with Gasteiger partial charge in [-0.2, -0.15) is 5.10 Å². The van der Waals surface area contributed by atoms with Crippen LogP contribution in [0.3, 0.4) is 0 Å². The van der Waals surface area contributed by atoms with Gasteiger partial charge in [0.25, 0.3) is 0 Å². The highest BCUT2D eigenvalue weighted by Gasteiger charge is 2.31. The fourth-order valence-corrected chi connectivity index (χ4v) is 4.37. The Morgan fingerprint density at radius 1 is 1.23 bits per heavy atom. The number of piperazine rings is 1. The van der Waals surface area contributed by atoms with E-state index in [-0.39, 0.29) is 0 Å². The molecule has 26 heavy (non-hydrogen) atoms. The summed E-state index contributed by atoms with van der Waals surface area (Å²) in [5.41, 5.74) is 3.53. The van der Waals surface area contributed by atoms with Crippen LogP contribution in [0.1, 0.15) is 32.1 Å². The van der Waals surface area contributed by atoms with Crippen LogP contribution in [0.2, 0.25) is 0 Å². The molecule has 0 amide bonds. The van der Waals surface area contributed by atoms with E-state index in [1.54, 1.807) is 11.3 Å². The quantitative estimate of drug-likeness (QED) is 0.822. The number of nitrogens with zero attached hydrogens (tertiary/aromatic N) is 4. The van der Waals surface area contributed by atoms with Crippen molar-refractivity contribution in [2.45, 2.75) is 27.2 Å².